The van der Waals surface area contributed by atoms with Crippen LogP contribution in [-0.2, 0) is 102 Å². The second-order valence-electron chi connectivity index (χ2n) is 13.3. The number of benzene rings is 4. The summed E-state index contributed by atoms with van der Waals surface area (Å²) in [5, 5.41) is 45.3. The van der Waals surface area contributed by atoms with E-state index in [1.807, 2.05) is 0 Å². The fourth-order valence-electron chi connectivity index (χ4n) is 5.22. The van der Waals surface area contributed by atoms with Gasteiger partial charge < -0.3 is 11.5 Å². The van der Waals surface area contributed by atoms with Crippen LogP contribution in [-0.4, -0.2) is 125 Å². The first kappa shape index (κ1) is 61.7. The van der Waals surface area contributed by atoms with Gasteiger partial charge in [-0.05, 0) is 60.7 Å². The van der Waals surface area contributed by atoms with Gasteiger partial charge in [-0.3, -0.25) is 26.6 Å². The summed E-state index contributed by atoms with van der Waals surface area (Å²) in [6, 6.07) is 6.64. The molecule has 408 valence electrons. The fraction of sp³-hybridized carbons (Fsp3) is 0.200. The van der Waals surface area contributed by atoms with E-state index in [0.29, 0.717) is 30.3 Å². The largest absolute Gasteiger partial charge is 0.397 e. The smallest absolute Gasteiger partial charge is 0.395 e. The van der Waals surface area contributed by atoms with Crippen LogP contribution in [0.4, 0.5) is 45.5 Å². The van der Waals surface area contributed by atoms with Crippen LogP contribution in [0, 0.1) is 0 Å². The van der Waals surface area contributed by atoms with Crippen LogP contribution in [0.2, 0.25) is 0 Å². The molecule has 0 aromatic heterocycles. The number of nitrogen functional groups attached to an aromatic ring is 2. The lowest BCUT2D eigenvalue weighted by molar-refractivity contribution is -0.434. The number of rotatable bonds is 28. The highest BCUT2D eigenvalue weighted by molar-refractivity contribution is 7.92. The number of sulfone groups is 3. The third-order valence-electron chi connectivity index (χ3n) is 8.50. The van der Waals surface area contributed by atoms with Crippen molar-refractivity contribution in [1.29, 1.82) is 0 Å². The highest BCUT2D eigenvalue weighted by Crippen LogP contribution is 2.46. The predicted octanol–water partition coefficient (Wildman–Crippen LogP) is 3.98. The third kappa shape index (κ3) is 17.6. The summed E-state index contributed by atoms with van der Waals surface area (Å²) >= 11 is 0.0647. The summed E-state index contributed by atoms with van der Waals surface area (Å²) in [4.78, 5) is -5.88. The van der Waals surface area contributed by atoms with Crippen LogP contribution in [0.25, 0.3) is 0 Å². The first-order chi connectivity index (χ1) is 34.2. The molecule has 35 nitrogen and oxygen atoms in total. The second kappa shape index (κ2) is 25.3. The van der Waals surface area contributed by atoms with Gasteiger partial charge in [-0.25, -0.2) is 40.0 Å². The topological polar surface area (TPSA) is 551 Å². The highest BCUT2D eigenvalue weighted by atomic mass is 32.3. The standard InChI is InChI=1S/C30H32N8O27S9/c31-28-23(36-33-20-4-1-17(13-25(20)71(47,48)49)68(41,42)10-7-59-66-64-62-39)16-24(37-34-21-5-2-18(14-26(21)72(50,51)52)69(43,44)11-8-60-67-65-63-40)29(32)30(28)38-35-22-6-3-19(15-27(22)73(53,54)55)70(45,46)12-9-61-74(56,57)58/h1-6,13-16,39-40H,7-12,31-32H2,(H,47,48,49)(H,50,51,52)(H,53,54,55)(H,56,57,58)/b36-33+,37-34+,38-35+. The first-order valence-electron chi connectivity index (χ1n) is 18.4. The van der Waals surface area contributed by atoms with E-state index in [1.165, 1.54) is 0 Å². The number of hydrogen-bond acceptors (Lipinski definition) is 33. The molecule has 4 rings (SSSR count). The van der Waals surface area contributed by atoms with Gasteiger partial charge in [-0.1, -0.05) is 10.1 Å². The molecule has 0 bridgehead atoms. The molecule has 0 atom stereocenters. The number of azo groups is 3. The molecule has 44 heteroatoms. The Morgan fingerprint density at radius 2 is 0.743 bits per heavy atom. The van der Waals surface area contributed by atoms with E-state index in [4.69, 9.17) is 34.9 Å². The molecule has 4 aromatic rings. The van der Waals surface area contributed by atoms with E-state index in [0.717, 1.165) is 30.3 Å². The summed E-state index contributed by atoms with van der Waals surface area (Å²) in [6.07, 6.45) is 0. The maximum Gasteiger partial charge on any atom is 0.397 e. The normalized spacial score (nSPS) is 13.4. The molecule has 0 saturated heterocycles. The molecule has 0 spiro atoms. The van der Waals surface area contributed by atoms with E-state index in [-0.39, 0.29) is 24.6 Å². The van der Waals surface area contributed by atoms with Crippen LogP contribution in [0.1, 0.15) is 0 Å². The molecule has 0 heterocycles. The van der Waals surface area contributed by atoms with Gasteiger partial charge in [-0.15, -0.1) is 39.4 Å². The lowest BCUT2D eigenvalue weighted by Gasteiger charge is -2.11. The minimum absolute atomic E-state index is 0.0324. The Bertz CT molecular complexity index is 3500. The van der Waals surface area contributed by atoms with Crippen LogP contribution >= 0.6 is 24.6 Å². The van der Waals surface area contributed by atoms with Crippen molar-refractivity contribution >= 4 is 140 Å². The summed E-state index contributed by atoms with van der Waals surface area (Å²) in [5.41, 5.74) is 6.59. The van der Waals surface area contributed by atoms with E-state index in [1.54, 1.807) is 0 Å². The van der Waals surface area contributed by atoms with Gasteiger partial charge in [0.05, 0.1) is 63.1 Å². The lowest BCUT2D eigenvalue weighted by atomic mass is 10.2. The molecule has 0 amide bonds. The summed E-state index contributed by atoms with van der Waals surface area (Å²) in [7, 11) is -34.7. The van der Waals surface area contributed by atoms with Crippen LogP contribution < -0.4 is 11.5 Å². The zero-order valence-electron chi connectivity index (χ0n) is 35.8. The molecule has 0 fully saturated rings. The number of nitrogens with two attached hydrogens (primary N) is 2. The van der Waals surface area contributed by atoms with Gasteiger partial charge in [-0.2, -0.15) is 33.7 Å². The van der Waals surface area contributed by atoms with Crippen molar-refractivity contribution in [3.05, 3.63) is 60.7 Å². The second-order valence-corrected chi connectivity index (χ2v) is 25.9. The Morgan fingerprint density at radius 1 is 0.432 bits per heavy atom. The van der Waals surface area contributed by atoms with E-state index in [2.05, 4.69) is 53.6 Å². The van der Waals surface area contributed by atoms with E-state index < -0.39 is 182 Å². The average molecular weight is 1230 g/mol. The van der Waals surface area contributed by atoms with Crippen LogP contribution in [0.3, 0.4) is 0 Å². The zero-order chi connectivity index (χ0) is 55.5. The van der Waals surface area contributed by atoms with Crippen LogP contribution in [0.5, 0.6) is 0 Å². The van der Waals surface area contributed by atoms with Crippen molar-refractivity contribution in [2.45, 2.75) is 29.4 Å². The van der Waals surface area contributed by atoms with E-state index in [9.17, 15) is 72.6 Å². The lowest BCUT2D eigenvalue weighted by Crippen LogP contribution is -2.16. The number of hydrogen-bond donors (Lipinski definition) is 8. The molecule has 4 aromatic carbocycles. The summed E-state index contributed by atoms with van der Waals surface area (Å²) in [5.74, 6) is -2.81. The van der Waals surface area contributed by atoms with Crippen molar-refractivity contribution < 1.29 is 119 Å². The maximum absolute atomic E-state index is 12.9. The Hall–Kier alpha value is -4.89. The van der Waals surface area contributed by atoms with Gasteiger partial charge in [0, 0.05) is 0 Å². The van der Waals surface area contributed by atoms with Gasteiger partial charge in [0.25, 0.3) is 30.4 Å². The van der Waals surface area contributed by atoms with Crippen molar-refractivity contribution in [3.63, 3.8) is 0 Å². The van der Waals surface area contributed by atoms with Gasteiger partial charge in [0.2, 0.25) is 0 Å². The molecule has 0 saturated carbocycles. The molecule has 0 aliphatic rings. The van der Waals surface area contributed by atoms with E-state index >= 15 is 0 Å². The van der Waals surface area contributed by atoms with Crippen molar-refractivity contribution in [1.82, 2.24) is 0 Å². The number of nitrogens with zero attached hydrogens (tertiary/aromatic N) is 6. The van der Waals surface area contributed by atoms with Crippen molar-refractivity contribution in [2.24, 2.45) is 30.7 Å². The summed E-state index contributed by atoms with van der Waals surface area (Å²) in [6.45, 7) is -2.37. The molecule has 0 unspecified atom stereocenters. The van der Waals surface area contributed by atoms with Gasteiger partial charge >= 0.3 is 10.4 Å². The molecule has 0 aliphatic carbocycles. The molecule has 10 N–H and O–H groups in total. The number of anilines is 2. The Balaban J connectivity index is 1.92. The fourth-order valence-corrected chi connectivity index (χ4v) is 11.8. The van der Waals surface area contributed by atoms with Gasteiger partial charge in [0.15, 0.2) is 54.2 Å². The van der Waals surface area contributed by atoms with Gasteiger partial charge in [0.1, 0.15) is 48.8 Å². The molecular formula is C30H32N8O27S9. The quantitative estimate of drug-likeness (QED) is 0.00758. The minimum Gasteiger partial charge on any atom is -0.395 e. The zero-order valence-corrected chi connectivity index (χ0v) is 43.1. The third-order valence-corrected chi connectivity index (χ3v) is 17.4. The SMILES string of the molecule is Nc1c(/N=N/c2ccc(S(=O)(=O)CCOSOOO)cc2S(=O)(=O)O)cc(/N=N/c2ccc(S(=O)(=O)CCOSOOO)cc2S(=O)(=O)O)c(N)c1/N=N/c1ccc(S(=O)(=O)CCOS(=O)(=O)O)cc1S(=O)(=O)O. The highest BCUT2D eigenvalue weighted by Gasteiger charge is 2.27. The molecular weight excluding hydrogens is 1190 g/mol. The Kier molecular flexibility index (Phi) is 21.1. The molecule has 74 heavy (non-hydrogen) atoms. The average Bonchev–Trinajstić information content (AvgIpc) is 3.29. The maximum atomic E-state index is 12.9. The molecule has 0 aliphatic heterocycles. The minimum atomic E-state index is -5.43. The van der Waals surface area contributed by atoms with Crippen molar-refractivity contribution in [3.8, 4) is 0 Å². The van der Waals surface area contributed by atoms with Crippen molar-refractivity contribution in [2.75, 3.05) is 48.5 Å². The Morgan fingerprint density at radius 3 is 1.05 bits per heavy atom. The monoisotopic (exact) mass is 1220 g/mol. The van der Waals surface area contributed by atoms with Crippen LogP contribution in [0.15, 0.2) is 121 Å². The molecule has 0 radical (unpaired) electrons. The first-order valence-corrected chi connectivity index (χ1v) is 30.3. The predicted molar refractivity (Wildman–Crippen MR) is 247 cm³/mol. The Labute approximate surface area is 426 Å². The summed E-state index contributed by atoms with van der Waals surface area (Å²) < 4.78 is 234.